The zero-order chi connectivity index (χ0) is 14.0. The summed E-state index contributed by atoms with van der Waals surface area (Å²) in [5.74, 6) is 2.35. The lowest BCUT2D eigenvalue weighted by Gasteiger charge is -2.02. The van der Waals surface area contributed by atoms with Gasteiger partial charge in [0.05, 0.1) is 0 Å². The molecule has 0 N–H and O–H groups in total. The molecule has 2 rings (SSSR count). The highest BCUT2D eigenvalue weighted by Crippen LogP contribution is 2.12. The molecule has 0 spiro atoms. The van der Waals surface area contributed by atoms with Gasteiger partial charge >= 0.3 is 0 Å². The van der Waals surface area contributed by atoms with Gasteiger partial charge in [-0.15, -0.1) is 0 Å². The zero-order valence-electron chi connectivity index (χ0n) is 12.9. The Bertz CT molecular complexity index is 510. The van der Waals surface area contributed by atoms with Crippen molar-refractivity contribution < 1.29 is 17.0 Å². The number of benzene rings is 1. The number of nitrogens with zero attached hydrogens (tertiary/aromatic N) is 1. The summed E-state index contributed by atoms with van der Waals surface area (Å²) >= 11 is 2.05. The van der Waals surface area contributed by atoms with Crippen LogP contribution in [0.3, 0.4) is 0 Å². The highest BCUT2D eigenvalue weighted by Gasteiger charge is 2.06. The molecule has 0 radical (unpaired) electrons. The van der Waals surface area contributed by atoms with Gasteiger partial charge in [-0.3, -0.25) is 0 Å². The van der Waals surface area contributed by atoms with Gasteiger partial charge in [-0.2, -0.15) is 4.57 Å². The molecule has 21 heavy (non-hydrogen) atoms. The van der Waals surface area contributed by atoms with E-state index >= 15 is 0 Å². The van der Waals surface area contributed by atoms with Crippen LogP contribution in [0, 0.1) is 0 Å². The van der Waals surface area contributed by atoms with E-state index in [0.717, 1.165) is 5.88 Å². The van der Waals surface area contributed by atoms with Gasteiger partial charge < -0.3 is 12.4 Å². The van der Waals surface area contributed by atoms with Crippen molar-refractivity contribution in [2.75, 3.05) is 5.75 Å². The van der Waals surface area contributed by atoms with Crippen LogP contribution in [-0.2, 0) is 5.88 Å². The fourth-order valence-corrected chi connectivity index (χ4v) is 3.44. The molecule has 0 saturated heterocycles. The van der Waals surface area contributed by atoms with Gasteiger partial charge in [-0.1, -0.05) is 62.9 Å². The lowest BCUT2D eigenvalue weighted by molar-refractivity contribution is -0.649. The first-order valence-corrected chi connectivity index (χ1v) is 9.02. The molecule has 0 aliphatic rings. The first-order valence-electron chi connectivity index (χ1n) is 7.87. The third-order valence-corrected chi connectivity index (χ3v) is 4.70. The van der Waals surface area contributed by atoms with Crippen molar-refractivity contribution in [2.24, 2.45) is 0 Å². The number of fused-ring (bicyclic) bond motifs is 1. The van der Waals surface area contributed by atoms with E-state index in [-0.39, 0.29) is 12.4 Å². The van der Waals surface area contributed by atoms with Crippen LogP contribution in [0.15, 0.2) is 42.6 Å². The van der Waals surface area contributed by atoms with E-state index in [1.54, 1.807) is 0 Å². The number of hydrogen-bond donors (Lipinski definition) is 0. The average Bonchev–Trinajstić information content (AvgIpc) is 2.50. The van der Waals surface area contributed by atoms with Crippen LogP contribution in [0.4, 0.5) is 0 Å². The quantitative estimate of drug-likeness (QED) is 0.505. The number of rotatable bonds is 9. The van der Waals surface area contributed by atoms with Crippen molar-refractivity contribution in [1.29, 1.82) is 0 Å². The second kappa shape index (κ2) is 10.9. The lowest BCUT2D eigenvalue weighted by Crippen LogP contribution is -3.00. The molecule has 0 aliphatic carbocycles. The van der Waals surface area contributed by atoms with E-state index in [1.165, 1.54) is 55.2 Å². The van der Waals surface area contributed by atoms with E-state index in [9.17, 15) is 0 Å². The molecular formula is C18H26ClNS. The number of halogens is 1. The normalized spacial score (nSPS) is 10.5. The molecule has 116 valence electrons. The van der Waals surface area contributed by atoms with E-state index in [0.29, 0.717) is 0 Å². The molecular weight excluding hydrogens is 298 g/mol. The summed E-state index contributed by atoms with van der Waals surface area (Å²) in [4.78, 5) is 0. The Morgan fingerprint density at radius 2 is 1.62 bits per heavy atom. The minimum absolute atomic E-state index is 0. The smallest absolute Gasteiger partial charge is 0.213 e. The second-order valence-electron chi connectivity index (χ2n) is 5.34. The number of unbranched alkanes of at least 4 members (excludes halogenated alkanes) is 5. The van der Waals surface area contributed by atoms with Gasteiger partial charge in [-0.05, 0) is 24.3 Å². The highest BCUT2D eigenvalue weighted by molar-refractivity contribution is 7.98. The number of aromatic nitrogens is 1. The van der Waals surface area contributed by atoms with Crippen LogP contribution < -0.4 is 17.0 Å². The molecule has 1 heterocycles. The van der Waals surface area contributed by atoms with Crippen LogP contribution in [0.25, 0.3) is 10.9 Å². The molecule has 0 amide bonds. The number of pyridine rings is 1. The molecule has 1 nitrogen and oxygen atoms in total. The molecule has 0 unspecified atom stereocenters. The minimum atomic E-state index is 0. The van der Waals surface area contributed by atoms with Crippen molar-refractivity contribution in [3.63, 3.8) is 0 Å². The molecule has 0 fully saturated rings. The fourth-order valence-electron chi connectivity index (χ4n) is 2.48. The Morgan fingerprint density at radius 1 is 0.905 bits per heavy atom. The van der Waals surface area contributed by atoms with E-state index < -0.39 is 0 Å². The highest BCUT2D eigenvalue weighted by atomic mass is 35.5. The number of para-hydroxylation sites is 1. The average molecular weight is 324 g/mol. The minimum Gasteiger partial charge on any atom is -1.00 e. The molecule has 0 bridgehead atoms. The van der Waals surface area contributed by atoms with Gasteiger partial charge in [0.1, 0.15) is 0 Å². The van der Waals surface area contributed by atoms with Gasteiger partial charge in [-0.25, -0.2) is 0 Å². The molecule has 1 aromatic heterocycles. The summed E-state index contributed by atoms with van der Waals surface area (Å²) in [6, 6.07) is 13.0. The predicted octanol–water partition coefficient (Wildman–Crippen LogP) is 2.18. The first kappa shape index (κ1) is 18.3. The molecule has 0 aliphatic heterocycles. The maximum Gasteiger partial charge on any atom is 0.213 e. The van der Waals surface area contributed by atoms with E-state index in [1.807, 2.05) is 11.8 Å². The summed E-state index contributed by atoms with van der Waals surface area (Å²) in [7, 11) is 0. The molecule has 1 aromatic carbocycles. The summed E-state index contributed by atoms with van der Waals surface area (Å²) in [6.07, 6.45) is 10.5. The topological polar surface area (TPSA) is 3.88 Å². The van der Waals surface area contributed by atoms with Gasteiger partial charge in [0.25, 0.3) is 0 Å². The maximum absolute atomic E-state index is 2.36. The summed E-state index contributed by atoms with van der Waals surface area (Å²) in [5, 5.41) is 1.33. The first-order chi connectivity index (χ1) is 9.92. The summed E-state index contributed by atoms with van der Waals surface area (Å²) < 4.78 is 2.36. The van der Waals surface area contributed by atoms with Crippen molar-refractivity contribution in [1.82, 2.24) is 0 Å². The third kappa shape index (κ3) is 6.27. The van der Waals surface area contributed by atoms with Crippen LogP contribution in [0.5, 0.6) is 0 Å². The van der Waals surface area contributed by atoms with Gasteiger partial charge in [0.15, 0.2) is 12.1 Å². The summed E-state index contributed by atoms with van der Waals surface area (Å²) in [5.41, 5.74) is 1.34. The Labute approximate surface area is 139 Å². The fraction of sp³-hybridized carbons (Fsp3) is 0.500. The van der Waals surface area contributed by atoms with Gasteiger partial charge in [0.2, 0.25) is 5.52 Å². The standard InChI is InChI=1S/C18H26NS.ClH/c1-2-3-4-5-6-9-15-20-16-19-14-10-12-17-11-7-8-13-18(17)19;/h7-8,10-14H,2-6,9,15-16H2,1H3;1H/q+1;/p-1. The summed E-state index contributed by atoms with van der Waals surface area (Å²) in [6.45, 7) is 2.28. The largest absolute Gasteiger partial charge is 1.00 e. The van der Waals surface area contributed by atoms with Crippen LogP contribution in [-0.4, -0.2) is 5.75 Å². The van der Waals surface area contributed by atoms with Crippen molar-refractivity contribution >= 4 is 22.7 Å². The predicted molar refractivity (Wildman–Crippen MR) is 90.0 cm³/mol. The van der Waals surface area contributed by atoms with Crippen molar-refractivity contribution in [3.05, 3.63) is 42.6 Å². The molecule has 0 saturated carbocycles. The van der Waals surface area contributed by atoms with Crippen molar-refractivity contribution in [3.8, 4) is 0 Å². The van der Waals surface area contributed by atoms with E-state index in [2.05, 4.69) is 54.1 Å². The van der Waals surface area contributed by atoms with E-state index in [4.69, 9.17) is 0 Å². The second-order valence-corrected chi connectivity index (χ2v) is 6.42. The van der Waals surface area contributed by atoms with Gasteiger partial charge in [0, 0.05) is 17.5 Å². The SMILES string of the molecule is CCCCCCCCSC[n+]1cccc2ccccc21.[Cl-]. The molecule has 3 heteroatoms. The zero-order valence-corrected chi connectivity index (χ0v) is 14.5. The van der Waals surface area contributed by atoms with Crippen molar-refractivity contribution in [2.45, 2.75) is 51.3 Å². The Balaban J connectivity index is 0.00000220. The number of thioether (sulfide) groups is 1. The Hall–Kier alpha value is -0.730. The monoisotopic (exact) mass is 323 g/mol. The van der Waals surface area contributed by atoms with Crippen LogP contribution in [0.2, 0.25) is 0 Å². The Kier molecular flexibility index (Phi) is 9.53. The van der Waals surface area contributed by atoms with Crippen LogP contribution >= 0.6 is 11.8 Å². The molecule has 0 atom stereocenters. The Morgan fingerprint density at radius 3 is 2.48 bits per heavy atom. The lowest BCUT2D eigenvalue weighted by atomic mass is 10.1. The number of hydrogen-bond acceptors (Lipinski definition) is 1. The maximum atomic E-state index is 2.36. The molecule has 2 aromatic rings. The third-order valence-electron chi connectivity index (χ3n) is 3.66. The van der Waals surface area contributed by atoms with Crippen LogP contribution in [0.1, 0.15) is 45.4 Å².